The van der Waals surface area contributed by atoms with Crippen LogP contribution in [0.3, 0.4) is 0 Å². The topological polar surface area (TPSA) is 53.4 Å². The lowest BCUT2D eigenvalue weighted by Gasteiger charge is -2.32. The summed E-state index contributed by atoms with van der Waals surface area (Å²) in [7, 11) is 0. The van der Waals surface area contributed by atoms with E-state index in [9.17, 15) is 9.18 Å². The summed E-state index contributed by atoms with van der Waals surface area (Å²) in [5, 5.41) is 7.39. The lowest BCUT2D eigenvalue weighted by Crippen LogP contribution is -2.42. The molecule has 0 bridgehead atoms. The number of hydrogen-bond acceptors (Lipinski definition) is 4. The molecule has 0 radical (unpaired) electrons. The number of nitrogens with one attached hydrogen (secondary N) is 1. The van der Waals surface area contributed by atoms with Gasteiger partial charge in [-0.1, -0.05) is 0 Å². The van der Waals surface area contributed by atoms with E-state index in [0.29, 0.717) is 12.6 Å². The molecular weight excluding hydrogens is 333 g/mol. The first-order valence-electron chi connectivity index (χ1n) is 9.13. The van der Waals surface area contributed by atoms with Gasteiger partial charge in [-0.15, -0.1) is 0 Å². The van der Waals surface area contributed by atoms with Crippen LogP contribution in [0.25, 0.3) is 0 Å². The summed E-state index contributed by atoms with van der Waals surface area (Å²) < 4.78 is 15.2. The molecule has 0 spiro atoms. The van der Waals surface area contributed by atoms with E-state index in [2.05, 4.69) is 31.0 Å². The van der Waals surface area contributed by atoms with Gasteiger partial charge in [-0.05, 0) is 36.8 Å². The second-order valence-electron chi connectivity index (χ2n) is 7.10. The first-order valence-corrected chi connectivity index (χ1v) is 9.13. The molecule has 2 aliphatic rings. The Morgan fingerprint density at radius 1 is 1.27 bits per heavy atom. The highest BCUT2D eigenvalue weighted by Gasteiger charge is 2.30. The van der Waals surface area contributed by atoms with Crippen molar-refractivity contribution in [2.75, 3.05) is 24.5 Å². The van der Waals surface area contributed by atoms with Crippen molar-refractivity contribution in [2.24, 2.45) is 0 Å². The largest absolute Gasteiger partial charge is 0.370 e. The summed E-state index contributed by atoms with van der Waals surface area (Å²) in [5.74, 6) is -0.228. The second-order valence-corrected chi connectivity index (χ2v) is 7.10. The van der Waals surface area contributed by atoms with Gasteiger partial charge in [-0.3, -0.25) is 14.4 Å². The van der Waals surface area contributed by atoms with Crippen LogP contribution in [0.4, 0.5) is 10.1 Å². The van der Waals surface area contributed by atoms with Gasteiger partial charge in [0.1, 0.15) is 5.82 Å². The van der Waals surface area contributed by atoms with Crippen LogP contribution in [-0.2, 0) is 24.4 Å². The summed E-state index contributed by atoms with van der Waals surface area (Å²) in [4.78, 5) is 15.9. The minimum Gasteiger partial charge on any atom is -0.370 e. The first kappa shape index (κ1) is 17.0. The molecule has 6 nitrogen and oxygen atoms in total. The Balaban J connectivity index is 1.38. The van der Waals surface area contributed by atoms with Crippen molar-refractivity contribution >= 4 is 11.6 Å². The summed E-state index contributed by atoms with van der Waals surface area (Å²) in [5.41, 5.74) is 3.21. The van der Waals surface area contributed by atoms with Crippen LogP contribution in [0.2, 0.25) is 0 Å². The van der Waals surface area contributed by atoms with E-state index in [1.165, 1.54) is 24.8 Å². The summed E-state index contributed by atoms with van der Waals surface area (Å²) >= 11 is 0. The first-order chi connectivity index (χ1) is 12.6. The molecule has 3 heterocycles. The zero-order valence-corrected chi connectivity index (χ0v) is 15.0. The number of nitrogens with zero attached hydrogens (tertiary/aromatic N) is 4. The third kappa shape index (κ3) is 3.58. The van der Waals surface area contributed by atoms with E-state index in [1.54, 1.807) is 0 Å². The monoisotopic (exact) mass is 357 g/mol. The molecule has 1 N–H and O–H groups in total. The van der Waals surface area contributed by atoms with Crippen LogP contribution in [0, 0.1) is 5.82 Å². The number of anilines is 1. The number of hydrogen-bond donors (Lipinski definition) is 1. The molecule has 0 aliphatic carbocycles. The number of aromatic nitrogens is 2. The number of fused-ring (bicyclic) bond motifs is 1. The Bertz CT molecular complexity index is 788. The molecule has 1 aromatic carbocycles. The van der Waals surface area contributed by atoms with Crippen molar-refractivity contribution in [1.82, 2.24) is 20.0 Å². The summed E-state index contributed by atoms with van der Waals surface area (Å²) in [6.07, 6.45) is 1.12. The minimum absolute atomic E-state index is 0.0376. The highest BCUT2D eigenvalue weighted by molar-refractivity contribution is 5.72. The van der Waals surface area contributed by atoms with E-state index in [0.717, 1.165) is 50.5 Å². The Hall–Kier alpha value is -2.41. The summed E-state index contributed by atoms with van der Waals surface area (Å²) in [6.45, 7) is 6.72. The van der Waals surface area contributed by atoms with Crippen LogP contribution in [0.5, 0.6) is 0 Å². The molecule has 4 rings (SSSR count). The lowest BCUT2D eigenvalue weighted by molar-refractivity contribution is -0.119. The molecule has 0 saturated carbocycles. The molecule has 138 valence electrons. The average Bonchev–Trinajstić information content (AvgIpc) is 3.26. The highest BCUT2D eigenvalue weighted by atomic mass is 19.1. The van der Waals surface area contributed by atoms with E-state index < -0.39 is 0 Å². The van der Waals surface area contributed by atoms with Gasteiger partial charge in [0.25, 0.3) is 0 Å². The van der Waals surface area contributed by atoms with Gasteiger partial charge < -0.3 is 10.2 Å². The number of benzene rings is 1. The van der Waals surface area contributed by atoms with Crippen LogP contribution in [0.15, 0.2) is 30.3 Å². The third-order valence-electron chi connectivity index (χ3n) is 5.27. The van der Waals surface area contributed by atoms with E-state index in [1.807, 2.05) is 12.1 Å². The van der Waals surface area contributed by atoms with Gasteiger partial charge in [0, 0.05) is 44.8 Å². The Labute approximate surface area is 152 Å². The number of amides is 1. The zero-order chi connectivity index (χ0) is 18.1. The van der Waals surface area contributed by atoms with Crippen molar-refractivity contribution in [1.29, 1.82) is 0 Å². The molecule has 1 aromatic heterocycles. The average molecular weight is 357 g/mol. The van der Waals surface area contributed by atoms with Gasteiger partial charge in [-0.25, -0.2) is 4.39 Å². The molecule has 7 heteroatoms. The predicted octanol–water partition coefficient (Wildman–Crippen LogP) is 1.75. The molecule has 1 amide bonds. The number of rotatable bonds is 4. The Kier molecular flexibility index (Phi) is 4.63. The normalized spacial score (nSPS) is 20.2. The van der Waals surface area contributed by atoms with Gasteiger partial charge in [-0.2, -0.15) is 5.10 Å². The molecule has 0 unspecified atom stereocenters. The van der Waals surface area contributed by atoms with Crippen molar-refractivity contribution in [2.45, 2.75) is 39.0 Å². The van der Waals surface area contributed by atoms with Crippen LogP contribution in [0.1, 0.15) is 24.7 Å². The van der Waals surface area contributed by atoms with E-state index in [-0.39, 0.29) is 11.7 Å². The van der Waals surface area contributed by atoms with Crippen molar-refractivity contribution < 1.29 is 9.18 Å². The number of halogens is 1. The quantitative estimate of drug-likeness (QED) is 0.906. The van der Waals surface area contributed by atoms with E-state index in [4.69, 9.17) is 0 Å². The molecular formula is C19H24FN5O. The fourth-order valence-electron chi connectivity index (χ4n) is 3.89. The van der Waals surface area contributed by atoms with Gasteiger partial charge in [0.15, 0.2) is 0 Å². The Morgan fingerprint density at radius 3 is 2.85 bits per heavy atom. The molecule has 1 fully saturated rings. The zero-order valence-electron chi connectivity index (χ0n) is 15.0. The molecule has 26 heavy (non-hydrogen) atoms. The molecule has 1 saturated heterocycles. The Morgan fingerprint density at radius 2 is 2.08 bits per heavy atom. The van der Waals surface area contributed by atoms with Crippen LogP contribution in [-0.4, -0.2) is 46.3 Å². The standard InChI is InChI=1S/C19H24FN5O/c1-14(26)21-11-16-10-19-13-24(8-9-25(19)22-16)18-6-7-23(12-18)17-4-2-15(20)3-5-17/h2-5,10,18H,6-9,11-13H2,1H3,(H,21,26)/t18-/m1/s1. The van der Waals surface area contributed by atoms with Gasteiger partial charge in [0.2, 0.25) is 5.91 Å². The lowest BCUT2D eigenvalue weighted by atomic mass is 10.2. The van der Waals surface area contributed by atoms with E-state index >= 15 is 0 Å². The van der Waals surface area contributed by atoms with Crippen molar-refractivity contribution in [3.8, 4) is 0 Å². The van der Waals surface area contributed by atoms with Crippen LogP contribution < -0.4 is 10.2 Å². The highest BCUT2D eigenvalue weighted by Crippen LogP contribution is 2.26. The molecule has 2 aliphatic heterocycles. The van der Waals surface area contributed by atoms with Crippen molar-refractivity contribution in [3.05, 3.63) is 47.5 Å². The third-order valence-corrected chi connectivity index (χ3v) is 5.27. The molecule has 2 aromatic rings. The maximum Gasteiger partial charge on any atom is 0.217 e. The summed E-state index contributed by atoms with van der Waals surface area (Å²) in [6, 6.07) is 9.36. The number of carbonyl (C=O) groups is 1. The molecule has 1 atom stereocenters. The van der Waals surface area contributed by atoms with Gasteiger partial charge in [0.05, 0.1) is 24.5 Å². The maximum absolute atomic E-state index is 13.1. The van der Waals surface area contributed by atoms with Crippen molar-refractivity contribution in [3.63, 3.8) is 0 Å². The smallest absolute Gasteiger partial charge is 0.217 e. The fourth-order valence-corrected chi connectivity index (χ4v) is 3.89. The number of carbonyl (C=O) groups excluding carboxylic acids is 1. The SMILES string of the molecule is CC(=O)NCc1cc2n(n1)CCN([C@@H]1CCN(c3ccc(F)cc3)C1)C2. The fraction of sp³-hybridized carbons (Fsp3) is 0.474. The van der Waals surface area contributed by atoms with Gasteiger partial charge >= 0.3 is 0 Å². The second kappa shape index (κ2) is 7.07. The predicted molar refractivity (Wildman–Crippen MR) is 97.2 cm³/mol. The minimum atomic E-state index is -0.191. The van der Waals surface area contributed by atoms with Crippen LogP contribution >= 0.6 is 0 Å². The maximum atomic E-state index is 13.1.